The van der Waals surface area contributed by atoms with Gasteiger partial charge in [0.1, 0.15) is 11.8 Å². The Morgan fingerprint density at radius 2 is 1.57 bits per heavy atom. The lowest BCUT2D eigenvalue weighted by atomic mass is 10.0. The molecule has 2 unspecified atom stereocenters. The number of nitrogens with one attached hydrogen (secondary N) is 1. The van der Waals surface area contributed by atoms with Crippen molar-refractivity contribution in [2.45, 2.75) is 45.3 Å². The standard InChI is InChI=1S/C28H30Cl2N2O3/c1-3-20(2)31-28(34)25(16-21-10-6-4-7-11-21)32(18-22-12-8-5-9-13-22)27(33)19-35-26-15-14-23(29)17-24(26)30/h4-15,17,20,25H,3,16,18-19H2,1-2H3,(H,31,34). The van der Waals surface area contributed by atoms with E-state index < -0.39 is 6.04 Å². The summed E-state index contributed by atoms with van der Waals surface area (Å²) >= 11 is 12.2. The SMILES string of the molecule is CCC(C)NC(=O)C(Cc1ccccc1)N(Cc1ccccc1)C(=O)COc1ccc(Cl)cc1Cl. The van der Waals surface area contributed by atoms with Crippen LogP contribution in [-0.2, 0) is 22.6 Å². The number of carbonyl (C=O) groups is 2. The van der Waals surface area contributed by atoms with Gasteiger partial charge in [0.05, 0.1) is 5.02 Å². The van der Waals surface area contributed by atoms with Gasteiger partial charge in [-0.2, -0.15) is 0 Å². The van der Waals surface area contributed by atoms with Crippen LogP contribution in [0.25, 0.3) is 0 Å². The van der Waals surface area contributed by atoms with Crippen molar-refractivity contribution in [1.82, 2.24) is 10.2 Å². The fourth-order valence-corrected chi connectivity index (χ4v) is 4.05. The van der Waals surface area contributed by atoms with Gasteiger partial charge in [-0.05, 0) is 42.7 Å². The Morgan fingerprint density at radius 3 is 2.17 bits per heavy atom. The number of carbonyl (C=O) groups excluding carboxylic acids is 2. The van der Waals surface area contributed by atoms with Crippen LogP contribution in [0.1, 0.15) is 31.4 Å². The van der Waals surface area contributed by atoms with Crippen LogP contribution in [-0.4, -0.2) is 35.4 Å². The molecule has 0 aliphatic rings. The normalized spacial score (nSPS) is 12.5. The molecule has 1 N–H and O–H groups in total. The Balaban J connectivity index is 1.90. The summed E-state index contributed by atoms with van der Waals surface area (Å²) in [7, 11) is 0. The second kappa shape index (κ2) is 13.2. The number of amides is 2. The second-order valence-electron chi connectivity index (χ2n) is 8.39. The van der Waals surface area contributed by atoms with Gasteiger partial charge in [-0.3, -0.25) is 9.59 Å². The molecule has 2 atom stereocenters. The Labute approximate surface area is 217 Å². The van der Waals surface area contributed by atoms with E-state index in [4.69, 9.17) is 27.9 Å². The molecular weight excluding hydrogens is 483 g/mol. The van der Waals surface area contributed by atoms with Crippen molar-refractivity contribution in [2.24, 2.45) is 0 Å². The number of ether oxygens (including phenoxy) is 1. The van der Waals surface area contributed by atoms with Crippen LogP contribution < -0.4 is 10.1 Å². The van der Waals surface area contributed by atoms with E-state index in [1.54, 1.807) is 23.1 Å². The fraction of sp³-hybridized carbons (Fsp3) is 0.286. The summed E-state index contributed by atoms with van der Waals surface area (Å²) in [6, 6.07) is 23.4. The first-order chi connectivity index (χ1) is 16.9. The highest BCUT2D eigenvalue weighted by Gasteiger charge is 2.31. The average molecular weight is 513 g/mol. The Kier molecular flexibility index (Phi) is 10.0. The molecule has 0 heterocycles. The van der Waals surface area contributed by atoms with E-state index in [9.17, 15) is 9.59 Å². The van der Waals surface area contributed by atoms with Gasteiger partial charge in [0.25, 0.3) is 5.91 Å². The summed E-state index contributed by atoms with van der Waals surface area (Å²) in [6.07, 6.45) is 1.16. The summed E-state index contributed by atoms with van der Waals surface area (Å²) in [5.41, 5.74) is 1.88. The Morgan fingerprint density at radius 1 is 0.943 bits per heavy atom. The van der Waals surface area contributed by atoms with Gasteiger partial charge in [0.2, 0.25) is 5.91 Å². The molecule has 0 aliphatic heterocycles. The third kappa shape index (κ3) is 8.01. The van der Waals surface area contributed by atoms with Crippen LogP contribution in [0.5, 0.6) is 5.75 Å². The molecule has 0 radical (unpaired) electrons. The maximum atomic E-state index is 13.5. The summed E-state index contributed by atoms with van der Waals surface area (Å²) in [4.78, 5) is 28.6. The van der Waals surface area contributed by atoms with Crippen molar-refractivity contribution in [1.29, 1.82) is 0 Å². The zero-order valence-electron chi connectivity index (χ0n) is 19.9. The van der Waals surface area contributed by atoms with Crippen LogP contribution in [0, 0.1) is 0 Å². The first-order valence-corrected chi connectivity index (χ1v) is 12.4. The maximum Gasteiger partial charge on any atom is 0.261 e. The first kappa shape index (κ1) is 26.6. The van der Waals surface area contributed by atoms with Crippen LogP contribution in [0.15, 0.2) is 78.9 Å². The Bertz CT molecular complexity index is 1110. The largest absolute Gasteiger partial charge is 0.482 e. The molecule has 0 bridgehead atoms. The number of rotatable bonds is 11. The maximum absolute atomic E-state index is 13.5. The van der Waals surface area contributed by atoms with Crippen LogP contribution in [0.3, 0.4) is 0 Å². The monoisotopic (exact) mass is 512 g/mol. The van der Waals surface area contributed by atoms with Crippen molar-refractivity contribution >= 4 is 35.0 Å². The minimum Gasteiger partial charge on any atom is -0.482 e. The van der Waals surface area contributed by atoms with Gasteiger partial charge >= 0.3 is 0 Å². The minimum atomic E-state index is -0.719. The van der Waals surface area contributed by atoms with Crippen LogP contribution in [0.2, 0.25) is 10.0 Å². The molecular formula is C28H30Cl2N2O3. The highest BCUT2D eigenvalue weighted by molar-refractivity contribution is 6.35. The molecule has 3 rings (SSSR count). The minimum absolute atomic E-state index is 0.0152. The van der Waals surface area contributed by atoms with E-state index in [-0.39, 0.29) is 31.0 Å². The van der Waals surface area contributed by atoms with Crippen molar-refractivity contribution in [3.8, 4) is 5.75 Å². The summed E-state index contributed by atoms with van der Waals surface area (Å²) in [6.45, 7) is 3.96. The molecule has 35 heavy (non-hydrogen) atoms. The predicted octanol–water partition coefficient (Wildman–Crippen LogP) is 5.93. The number of benzene rings is 3. The van der Waals surface area contributed by atoms with E-state index in [1.807, 2.05) is 74.5 Å². The molecule has 3 aromatic rings. The summed E-state index contributed by atoms with van der Waals surface area (Å²) in [5.74, 6) is -0.162. The van der Waals surface area contributed by atoms with E-state index in [0.717, 1.165) is 17.5 Å². The Hall–Kier alpha value is -3.02. The third-order valence-corrected chi connectivity index (χ3v) is 6.24. The third-order valence-electron chi connectivity index (χ3n) is 5.71. The molecule has 5 nitrogen and oxygen atoms in total. The molecule has 0 aliphatic carbocycles. The number of hydrogen-bond acceptors (Lipinski definition) is 3. The van der Waals surface area contributed by atoms with Gasteiger partial charge < -0.3 is 15.0 Å². The van der Waals surface area contributed by atoms with E-state index in [1.165, 1.54) is 0 Å². The van der Waals surface area contributed by atoms with E-state index >= 15 is 0 Å². The van der Waals surface area contributed by atoms with Crippen LogP contribution in [0.4, 0.5) is 0 Å². The van der Waals surface area contributed by atoms with Gasteiger partial charge in [0, 0.05) is 24.0 Å². The highest BCUT2D eigenvalue weighted by atomic mass is 35.5. The van der Waals surface area contributed by atoms with Crippen molar-refractivity contribution < 1.29 is 14.3 Å². The van der Waals surface area contributed by atoms with Crippen molar-refractivity contribution in [3.63, 3.8) is 0 Å². The fourth-order valence-electron chi connectivity index (χ4n) is 3.59. The van der Waals surface area contributed by atoms with Crippen molar-refractivity contribution in [2.75, 3.05) is 6.61 Å². The number of hydrogen-bond donors (Lipinski definition) is 1. The van der Waals surface area contributed by atoms with Crippen LogP contribution >= 0.6 is 23.2 Å². The molecule has 184 valence electrons. The van der Waals surface area contributed by atoms with Gasteiger partial charge in [-0.1, -0.05) is 90.8 Å². The van der Waals surface area contributed by atoms with Crippen molar-refractivity contribution in [3.05, 3.63) is 100 Å². The molecule has 2 amide bonds. The lowest BCUT2D eigenvalue weighted by Crippen LogP contribution is -2.53. The molecule has 0 aromatic heterocycles. The number of halogens is 2. The average Bonchev–Trinajstić information content (AvgIpc) is 2.86. The quantitative estimate of drug-likeness (QED) is 0.346. The zero-order valence-corrected chi connectivity index (χ0v) is 21.4. The molecule has 0 fully saturated rings. The van der Waals surface area contributed by atoms with E-state index in [0.29, 0.717) is 22.2 Å². The summed E-state index contributed by atoms with van der Waals surface area (Å²) < 4.78 is 5.74. The molecule has 0 saturated carbocycles. The van der Waals surface area contributed by atoms with Gasteiger partial charge in [-0.25, -0.2) is 0 Å². The molecule has 0 spiro atoms. The topological polar surface area (TPSA) is 58.6 Å². The lowest BCUT2D eigenvalue weighted by Gasteiger charge is -2.32. The van der Waals surface area contributed by atoms with Gasteiger partial charge in [-0.15, -0.1) is 0 Å². The van der Waals surface area contributed by atoms with E-state index in [2.05, 4.69) is 5.32 Å². The lowest BCUT2D eigenvalue weighted by molar-refractivity contribution is -0.143. The predicted molar refractivity (Wildman–Crippen MR) is 141 cm³/mol. The zero-order chi connectivity index (χ0) is 25.2. The summed E-state index contributed by atoms with van der Waals surface area (Å²) in [5, 5.41) is 3.84. The smallest absolute Gasteiger partial charge is 0.261 e. The molecule has 7 heteroatoms. The molecule has 3 aromatic carbocycles. The first-order valence-electron chi connectivity index (χ1n) is 11.6. The molecule has 0 saturated heterocycles. The number of nitrogens with zero attached hydrogens (tertiary/aromatic N) is 1. The highest BCUT2D eigenvalue weighted by Crippen LogP contribution is 2.27. The second-order valence-corrected chi connectivity index (χ2v) is 9.24. The van der Waals surface area contributed by atoms with Gasteiger partial charge in [0.15, 0.2) is 6.61 Å².